The van der Waals surface area contributed by atoms with Gasteiger partial charge in [-0.3, -0.25) is 9.78 Å². The molecule has 1 N–H and O–H groups in total. The summed E-state index contributed by atoms with van der Waals surface area (Å²) >= 11 is 0. The van der Waals surface area contributed by atoms with Crippen LogP contribution < -0.4 is 0 Å². The summed E-state index contributed by atoms with van der Waals surface area (Å²) in [5.41, 5.74) is 3.78. The van der Waals surface area contributed by atoms with Crippen LogP contribution in [0.4, 0.5) is 0 Å². The lowest BCUT2D eigenvalue weighted by Crippen LogP contribution is -2.07. The molecule has 1 unspecified atom stereocenters. The Hall–Kier alpha value is -1.90. The van der Waals surface area contributed by atoms with Crippen molar-refractivity contribution in [3.05, 3.63) is 41.1 Å². The number of nitrogens with zero attached hydrogens (tertiary/aromatic N) is 1. The molecular formula is C14H15NO2. The van der Waals surface area contributed by atoms with Crippen LogP contribution in [0.15, 0.2) is 24.3 Å². The summed E-state index contributed by atoms with van der Waals surface area (Å²) in [6.45, 7) is 5.67. The topological polar surface area (TPSA) is 50.2 Å². The fourth-order valence-electron chi connectivity index (χ4n) is 2.00. The number of carboxylic acid groups (broad SMARTS) is 1. The molecular weight excluding hydrogens is 214 g/mol. The van der Waals surface area contributed by atoms with Gasteiger partial charge in [0, 0.05) is 11.1 Å². The van der Waals surface area contributed by atoms with Crippen molar-refractivity contribution in [1.82, 2.24) is 4.98 Å². The number of hydrogen-bond acceptors (Lipinski definition) is 2. The highest BCUT2D eigenvalue weighted by Crippen LogP contribution is 2.23. The average Bonchev–Trinajstić information content (AvgIpc) is 2.26. The Kier molecular flexibility index (Phi) is 2.84. The van der Waals surface area contributed by atoms with Gasteiger partial charge in [-0.25, -0.2) is 0 Å². The Morgan fingerprint density at radius 2 is 2.00 bits per heavy atom. The molecule has 1 aromatic carbocycles. The Labute approximate surface area is 100 Å². The Bertz CT molecular complexity index is 590. The average molecular weight is 229 g/mol. The number of carbonyl (C=O) groups is 1. The SMILES string of the molecule is Cc1cc(C)c2ccc(C(C)C(=O)O)cc2n1. The van der Waals surface area contributed by atoms with Crippen molar-refractivity contribution in [3.63, 3.8) is 0 Å². The number of benzene rings is 1. The lowest BCUT2D eigenvalue weighted by atomic mass is 9.98. The number of hydrogen-bond donors (Lipinski definition) is 1. The Morgan fingerprint density at radius 3 is 2.65 bits per heavy atom. The lowest BCUT2D eigenvalue weighted by Gasteiger charge is -2.09. The Morgan fingerprint density at radius 1 is 1.29 bits per heavy atom. The van der Waals surface area contributed by atoms with Crippen LogP contribution in [0, 0.1) is 13.8 Å². The second-order valence-corrected chi connectivity index (χ2v) is 4.42. The summed E-state index contributed by atoms with van der Waals surface area (Å²) in [6, 6.07) is 7.72. The number of fused-ring (bicyclic) bond motifs is 1. The summed E-state index contributed by atoms with van der Waals surface area (Å²) in [4.78, 5) is 15.4. The van der Waals surface area contributed by atoms with E-state index in [4.69, 9.17) is 5.11 Å². The number of rotatable bonds is 2. The van der Waals surface area contributed by atoms with Crippen molar-refractivity contribution in [2.75, 3.05) is 0 Å². The first-order valence-corrected chi connectivity index (χ1v) is 5.60. The number of pyridine rings is 1. The maximum atomic E-state index is 10.9. The minimum absolute atomic E-state index is 0.498. The third kappa shape index (κ3) is 2.13. The van der Waals surface area contributed by atoms with Crippen molar-refractivity contribution in [2.45, 2.75) is 26.7 Å². The van der Waals surface area contributed by atoms with E-state index in [1.807, 2.05) is 38.1 Å². The summed E-state index contributed by atoms with van der Waals surface area (Å²) < 4.78 is 0. The maximum absolute atomic E-state index is 10.9. The van der Waals surface area contributed by atoms with Crippen LogP contribution >= 0.6 is 0 Å². The molecule has 1 aromatic heterocycles. The largest absolute Gasteiger partial charge is 0.481 e. The minimum Gasteiger partial charge on any atom is -0.481 e. The van der Waals surface area contributed by atoms with Gasteiger partial charge in [-0.1, -0.05) is 12.1 Å². The first kappa shape index (κ1) is 11.6. The van der Waals surface area contributed by atoms with E-state index in [1.165, 1.54) is 5.56 Å². The molecule has 2 aromatic rings. The molecule has 88 valence electrons. The fraction of sp³-hybridized carbons (Fsp3) is 0.286. The van der Waals surface area contributed by atoms with E-state index in [0.717, 1.165) is 22.2 Å². The van der Waals surface area contributed by atoms with E-state index in [1.54, 1.807) is 6.92 Å². The molecule has 0 fully saturated rings. The molecule has 0 aliphatic heterocycles. The van der Waals surface area contributed by atoms with E-state index in [0.29, 0.717) is 0 Å². The molecule has 0 spiro atoms. The van der Waals surface area contributed by atoms with Gasteiger partial charge in [0.1, 0.15) is 0 Å². The van der Waals surface area contributed by atoms with Crippen LogP contribution in [-0.2, 0) is 4.79 Å². The van der Waals surface area contributed by atoms with Crippen molar-refractivity contribution < 1.29 is 9.90 Å². The van der Waals surface area contributed by atoms with Crippen molar-refractivity contribution in [2.24, 2.45) is 0 Å². The van der Waals surface area contributed by atoms with Gasteiger partial charge in [-0.15, -0.1) is 0 Å². The van der Waals surface area contributed by atoms with Gasteiger partial charge in [-0.05, 0) is 44.0 Å². The van der Waals surface area contributed by atoms with Crippen LogP contribution in [0.5, 0.6) is 0 Å². The number of carboxylic acids is 1. The van der Waals surface area contributed by atoms with Crippen molar-refractivity contribution in [3.8, 4) is 0 Å². The highest BCUT2D eigenvalue weighted by atomic mass is 16.4. The van der Waals surface area contributed by atoms with Crippen LogP contribution in [0.2, 0.25) is 0 Å². The van der Waals surface area contributed by atoms with Crippen LogP contribution in [0.3, 0.4) is 0 Å². The second-order valence-electron chi connectivity index (χ2n) is 4.42. The fourth-order valence-corrected chi connectivity index (χ4v) is 2.00. The van der Waals surface area contributed by atoms with Gasteiger partial charge in [-0.2, -0.15) is 0 Å². The number of aliphatic carboxylic acids is 1. The quantitative estimate of drug-likeness (QED) is 0.861. The lowest BCUT2D eigenvalue weighted by molar-refractivity contribution is -0.138. The summed E-state index contributed by atoms with van der Waals surface area (Å²) in [7, 11) is 0. The molecule has 0 saturated heterocycles. The molecule has 0 radical (unpaired) electrons. The van der Waals surface area contributed by atoms with E-state index in [9.17, 15) is 4.79 Å². The molecule has 3 nitrogen and oxygen atoms in total. The van der Waals surface area contributed by atoms with Gasteiger partial charge in [0.2, 0.25) is 0 Å². The first-order valence-electron chi connectivity index (χ1n) is 5.60. The molecule has 2 rings (SSSR count). The highest BCUT2D eigenvalue weighted by Gasteiger charge is 2.14. The molecule has 0 aliphatic carbocycles. The van der Waals surface area contributed by atoms with Crippen molar-refractivity contribution >= 4 is 16.9 Å². The van der Waals surface area contributed by atoms with Crippen LogP contribution in [-0.4, -0.2) is 16.1 Å². The second kappa shape index (κ2) is 4.17. The summed E-state index contributed by atoms with van der Waals surface area (Å²) in [6.07, 6.45) is 0. The number of aryl methyl sites for hydroxylation is 2. The van der Waals surface area contributed by atoms with Gasteiger partial charge in [0.15, 0.2) is 0 Å². The van der Waals surface area contributed by atoms with E-state index >= 15 is 0 Å². The normalized spacial score (nSPS) is 12.6. The van der Waals surface area contributed by atoms with Crippen molar-refractivity contribution in [1.29, 1.82) is 0 Å². The zero-order valence-corrected chi connectivity index (χ0v) is 10.2. The van der Waals surface area contributed by atoms with E-state index in [2.05, 4.69) is 4.98 Å². The van der Waals surface area contributed by atoms with Crippen LogP contribution in [0.1, 0.15) is 29.7 Å². The van der Waals surface area contributed by atoms with E-state index < -0.39 is 11.9 Å². The molecule has 17 heavy (non-hydrogen) atoms. The molecule has 0 saturated carbocycles. The maximum Gasteiger partial charge on any atom is 0.310 e. The summed E-state index contributed by atoms with van der Waals surface area (Å²) in [5, 5.41) is 10.1. The first-order chi connectivity index (χ1) is 7.99. The predicted molar refractivity (Wildman–Crippen MR) is 67.3 cm³/mol. The van der Waals surface area contributed by atoms with Gasteiger partial charge in [0.05, 0.1) is 11.4 Å². The predicted octanol–water partition coefficient (Wildman–Crippen LogP) is 3.04. The van der Waals surface area contributed by atoms with Gasteiger partial charge < -0.3 is 5.11 Å². The van der Waals surface area contributed by atoms with Crippen LogP contribution in [0.25, 0.3) is 10.9 Å². The monoisotopic (exact) mass is 229 g/mol. The molecule has 0 amide bonds. The summed E-state index contributed by atoms with van der Waals surface area (Å²) in [5.74, 6) is -1.31. The van der Waals surface area contributed by atoms with E-state index in [-0.39, 0.29) is 0 Å². The molecule has 0 aliphatic rings. The third-order valence-electron chi connectivity index (χ3n) is 3.04. The molecule has 1 atom stereocenters. The number of aromatic nitrogens is 1. The zero-order valence-electron chi connectivity index (χ0n) is 10.2. The zero-order chi connectivity index (χ0) is 12.6. The highest BCUT2D eigenvalue weighted by molar-refractivity contribution is 5.85. The minimum atomic E-state index is -0.811. The molecule has 0 bridgehead atoms. The standard InChI is InChI=1S/C14H15NO2/c1-8-6-9(2)15-13-7-11(4-5-12(8)13)10(3)14(16)17/h4-7,10H,1-3H3,(H,16,17). The van der Waals surface area contributed by atoms with Gasteiger partial charge in [0.25, 0.3) is 0 Å². The molecule has 1 heterocycles. The molecule has 3 heteroatoms. The van der Waals surface area contributed by atoms with Gasteiger partial charge >= 0.3 is 5.97 Å². The Balaban J connectivity index is 2.61. The smallest absolute Gasteiger partial charge is 0.310 e. The third-order valence-corrected chi connectivity index (χ3v) is 3.04.